The fraction of sp³-hybridized carbons (Fsp3) is 0.333. The smallest absolute Gasteiger partial charge is 0.320 e. The molecule has 0 aliphatic carbocycles. The van der Waals surface area contributed by atoms with Gasteiger partial charge in [-0.1, -0.05) is 0 Å². The standard InChI is InChI=1S/C12H15N3O4S/c1-19-12(16)7-20(17,18)5-4-11-14-9-3-2-8(13)6-10(9)15-11/h2-3,6H,4-5,7,13H2,1H3,(H,14,15). The van der Waals surface area contributed by atoms with Crippen molar-refractivity contribution in [1.82, 2.24) is 9.97 Å². The number of H-pyrrole nitrogens is 1. The van der Waals surface area contributed by atoms with Crippen molar-refractivity contribution in [3.63, 3.8) is 0 Å². The maximum absolute atomic E-state index is 11.7. The number of fused-ring (bicyclic) bond motifs is 1. The van der Waals surface area contributed by atoms with Gasteiger partial charge in [-0.25, -0.2) is 13.4 Å². The molecule has 0 saturated carbocycles. The molecule has 0 radical (unpaired) electrons. The van der Waals surface area contributed by atoms with Crippen LogP contribution >= 0.6 is 0 Å². The van der Waals surface area contributed by atoms with Crippen LogP contribution in [0, 0.1) is 0 Å². The molecule has 7 nitrogen and oxygen atoms in total. The van der Waals surface area contributed by atoms with Crippen LogP contribution in [0.4, 0.5) is 5.69 Å². The number of aromatic amines is 1. The lowest BCUT2D eigenvalue weighted by atomic mass is 10.3. The summed E-state index contributed by atoms with van der Waals surface area (Å²) in [5.74, 6) is -1.00. The Kier molecular flexibility index (Phi) is 3.93. The van der Waals surface area contributed by atoms with Crippen molar-refractivity contribution in [2.75, 3.05) is 24.3 Å². The molecule has 0 unspecified atom stereocenters. The summed E-state index contributed by atoms with van der Waals surface area (Å²) in [6.45, 7) is 0. The third-order valence-electron chi connectivity index (χ3n) is 2.77. The van der Waals surface area contributed by atoms with Gasteiger partial charge in [0.15, 0.2) is 9.84 Å². The predicted octanol–water partition coefficient (Wildman–Crippen LogP) is 0.275. The number of methoxy groups -OCH3 is 1. The minimum absolute atomic E-state index is 0.169. The minimum atomic E-state index is -3.50. The van der Waals surface area contributed by atoms with Gasteiger partial charge in [0.25, 0.3) is 0 Å². The molecule has 8 heteroatoms. The van der Waals surface area contributed by atoms with Crippen LogP contribution in [0.25, 0.3) is 11.0 Å². The summed E-state index contributed by atoms with van der Waals surface area (Å²) in [6.07, 6.45) is 0.202. The number of hydrogen-bond donors (Lipinski definition) is 2. The van der Waals surface area contributed by atoms with Gasteiger partial charge in [-0.3, -0.25) is 4.79 Å². The van der Waals surface area contributed by atoms with Crippen LogP contribution in [0.2, 0.25) is 0 Å². The van der Waals surface area contributed by atoms with E-state index in [1.807, 2.05) is 0 Å². The Balaban J connectivity index is 2.07. The van der Waals surface area contributed by atoms with Crippen LogP contribution in [0.5, 0.6) is 0 Å². The highest BCUT2D eigenvalue weighted by atomic mass is 32.2. The number of hydrogen-bond acceptors (Lipinski definition) is 6. The molecule has 0 amide bonds. The predicted molar refractivity (Wildman–Crippen MR) is 74.9 cm³/mol. The number of aromatic nitrogens is 2. The lowest BCUT2D eigenvalue weighted by Crippen LogP contribution is -2.21. The number of anilines is 1. The monoisotopic (exact) mass is 297 g/mol. The van der Waals surface area contributed by atoms with Crippen molar-refractivity contribution in [1.29, 1.82) is 0 Å². The van der Waals surface area contributed by atoms with E-state index in [4.69, 9.17) is 5.73 Å². The van der Waals surface area contributed by atoms with Gasteiger partial charge in [-0.2, -0.15) is 0 Å². The number of imidazole rings is 1. The second-order valence-electron chi connectivity index (χ2n) is 4.38. The van der Waals surface area contributed by atoms with Gasteiger partial charge < -0.3 is 15.5 Å². The highest BCUT2D eigenvalue weighted by molar-refractivity contribution is 7.92. The Morgan fingerprint density at radius 1 is 1.45 bits per heavy atom. The first-order valence-corrected chi connectivity index (χ1v) is 7.73. The third kappa shape index (κ3) is 3.47. The molecule has 0 aliphatic heterocycles. The number of carbonyl (C=O) groups is 1. The number of nitrogens with one attached hydrogen (secondary N) is 1. The molecule has 0 spiro atoms. The van der Waals surface area contributed by atoms with Gasteiger partial charge in [-0.05, 0) is 18.2 Å². The summed E-state index contributed by atoms with van der Waals surface area (Å²) >= 11 is 0. The second kappa shape index (κ2) is 5.49. The van der Waals surface area contributed by atoms with Crippen molar-refractivity contribution in [2.24, 2.45) is 0 Å². The molecule has 1 aromatic heterocycles. The topological polar surface area (TPSA) is 115 Å². The van der Waals surface area contributed by atoms with Crippen LogP contribution in [0.3, 0.4) is 0 Å². The summed E-state index contributed by atoms with van der Waals surface area (Å²) < 4.78 is 27.7. The number of aryl methyl sites for hydroxylation is 1. The van der Waals surface area contributed by atoms with Gasteiger partial charge >= 0.3 is 5.97 Å². The number of ether oxygens (including phenoxy) is 1. The molecule has 108 valence electrons. The highest BCUT2D eigenvalue weighted by Gasteiger charge is 2.18. The fourth-order valence-corrected chi connectivity index (χ4v) is 2.89. The minimum Gasteiger partial charge on any atom is -0.468 e. The van der Waals surface area contributed by atoms with Crippen molar-refractivity contribution in [3.8, 4) is 0 Å². The molecule has 0 saturated heterocycles. The number of nitrogens with zero attached hydrogens (tertiary/aromatic N) is 1. The number of esters is 1. The Labute approximate surface area is 116 Å². The van der Waals surface area contributed by atoms with Gasteiger partial charge in [-0.15, -0.1) is 0 Å². The zero-order valence-corrected chi connectivity index (χ0v) is 11.7. The Hall–Kier alpha value is -2.09. The summed E-state index contributed by atoms with van der Waals surface area (Å²) in [7, 11) is -2.34. The zero-order valence-electron chi connectivity index (χ0n) is 10.9. The maximum atomic E-state index is 11.7. The van der Waals surface area contributed by atoms with Crippen molar-refractivity contribution < 1.29 is 17.9 Å². The summed E-state index contributed by atoms with van der Waals surface area (Å²) in [5, 5.41) is 0. The number of sulfone groups is 1. The van der Waals surface area contributed by atoms with Crippen molar-refractivity contribution in [2.45, 2.75) is 6.42 Å². The number of nitrogen functional groups attached to an aromatic ring is 1. The normalized spacial score (nSPS) is 11.7. The first kappa shape index (κ1) is 14.3. The zero-order chi connectivity index (χ0) is 14.8. The highest BCUT2D eigenvalue weighted by Crippen LogP contribution is 2.15. The molecule has 3 N–H and O–H groups in total. The van der Waals surface area contributed by atoms with E-state index in [9.17, 15) is 13.2 Å². The lowest BCUT2D eigenvalue weighted by Gasteiger charge is -2.01. The van der Waals surface area contributed by atoms with Crippen LogP contribution in [0.15, 0.2) is 18.2 Å². The van der Waals surface area contributed by atoms with E-state index >= 15 is 0 Å². The van der Waals surface area contributed by atoms with E-state index in [1.165, 1.54) is 0 Å². The summed E-state index contributed by atoms with van der Waals surface area (Å²) in [4.78, 5) is 18.2. The number of rotatable bonds is 5. The Morgan fingerprint density at radius 2 is 2.20 bits per heavy atom. The second-order valence-corrected chi connectivity index (χ2v) is 6.56. The van der Waals surface area contributed by atoms with Crippen LogP contribution in [0.1, 0.15) is 5.82 Å². The molecule has 0 aliphatic rings. The van der Waals surface area contributed by atoms with Gasteiger partial charge in [0.1, 0.15) is 11.6 Å². The van der Waals surface area contributed by atoms with Gasteiger partial charge in [0, 0.05) is 12.1 Å². The molecule has 0 fully saturated rings. The average Bonchev–Trinajstić information content (AvgIpc) is 2.78. The van der Waals surface area contributed by atoms with Gasteiger partial charge in [0.2, 0.25) is 0 Å². The van der Waals surface area contributed by atoms with E-state index in [0.29, 0.717) is 11.5 Å². The quantitative estimate of drug-likeness (QED) is 0.605. The van der Waals surface area contributed by atoms with Crippen LogP contribution in [-0.4, -0.2) is 43.0 Å². The molecule has 2 aromatic rings. The van der Waals surface area contributed by atoms with Crippen LogP contribution in [-0.2, 0) is 25.8 Å². The number of nitrogens with two attached hydrogens (primary N) is 1. The van der Waals surface area contributed by atoms with E-state index in [1.54, 1.807) is 18.2 Å². The maximum Gasteiger partial charge on any atom is 0.320 e. The summed E-state index contributed by atoms with van der Waals surface area (Å²) in [5.41, 5.74) is 7.73. The molecule has 0 atom stereocenters. The molecule has 1 heterocycles. The molecular weight excluding hydrogens is 282 g/mol. The SMILES string of the molecule is COC(=O)CS(=O)(=O)CCc1nc2ccc(N)cc2[nH]1. The van der Waals surface area contributed by atoms with Crippen LogP contribution < -0.4 is 5.73 Å². The van der Waals surface area contributed by atoms with Crippen molar-refractivity contribution >= 4 is 32.5 Å². The lowest BCUT2D eigenvalue weighted by molar-refractivity contribution is -0.137. The molecule has 1 aromatic carbocycles. The molecule has 2 rings (SSSR count). The van der Waals surface area contributed by atoms with E-state index in [2.05, 4.69) is 14.7 Å². The fourth-order valence-electron chi connectivity index (χ4n) is 1.76. The molecular formula is C12H15N3O4S. The number of benzene rings is 1. The average molecular weight is 297 g/mol. The Bertz CT molecular complexity index is 736. The molecule has 0 bridgehead atoms. The van der Waals surface area contributed by atoms with Crippen molar-refractivity contribution in [3.05, 3.63) is 24.0 Å². The third-order valence-corrected chi connectivity index (χ3v) is 4.27. The first-order valence-electron chi connectivity index (χ1n) is 5.91. The van der Waals surface area contributed by atoms with E-state index in [0.717, 1.165) is 18.1 Å². The van der Waals surface area contributed by atoms with E-state index < -0.39 is 21.6 Å². The summed E-state index contributed by atoms with van der Waals surface area (Å²) in [6, 6.07) is 5.21. The van der Waals surface area contributed by atoms with Gasteiger partial charge in [0.05, 0.1) is 23.9 Å². The first-order chi connectivity index (χ1) is 9.39. The largest absolute Gasteiger partial charge is 0.468 e. The number of carbonyl (C=O) groups excluding carboxylic acids is 1. The molecule has 20 heavy (non-hydrogen) atoms. The Morgan fingerprint density at radius 3 is 2.90 bits per heavy atom. The van der Waals surface area contributed by atoms with E-state index in [-0.39, 0.29) is 12.2 Å².